The summed E-state index contributed by atoms with van der Waals surface area (Å²) in [4.78, 5) is 33.2. The summed E-state index contributed by atoms with van der Waals surface area (Å²) in [7, 11) is 0. The topological polar surface area (TPSA) is 109 Å². The molecule has 1 amide bonds. The molecule has 8 heteroatoms. The molecule has 3 N–H and O–H groups in total. The number of benzene rings is 2. The number of nitrogens with one attached hydrogen (secondary N) is 3. The van der Waals surface area contributed by atoms with Crippen LogP contribution in [-0.4, -0.2) is 26.6 Å². The number of aromatic amines is 2. The van der Waals surface area contributed by atoms with Crippen LogP contribution in [0.3, 0.4) is 0 Å². The summed E-state index contributed by atoms with van der Waals surface area (Å²) < 4.78 is 11.4. The molecule has 0 saturated heterocycles. The van der Waals surface area contributed by atoms with Crippen molar-refractivity contribution in [2.45, 2.75) is 26.4 Å². The van der Waals surface area contributed by atoms with Crippen molar-refractivity contribution in [3.05, 3.63) is 59.1 Å². The van der Waals surface area contributed by atoms with Crippen LogP contribution in [0.2, 0.25) is 0 Å². The van der Waals surface area contributed by atoms with Crippen LogP contribution in [-0.2, 0) is 4.74 Å². The van der Waals surface area contributed by atoms with Gasteiger partial charge in [0.25, 0.3) is 0 Å². The number of carbonyl (C=O) groups excluding carboxylic acids is 1. The van der Waals surface area contributed by atoms with Crippen LogP contribution in [0.5, 0.6) is 11.5 Å². The Balaban J connectivity index is 1.71. The zero-order valence-electron chi connectivity index (χ0n) is 16.2. The van der Waals surface area contributed by atoms with Gasteiger partial charge in [0, 0.05) is 23.0 Å². The number of amides is 1. The molecule has 4 rings (SSSR count). The lowest BCUT2D eigenvalue weighted by Crippen LogP contribution is -2.27. The van der Waals surface area contributed by atoms with Gasteiger partial charge in [0.1, 0.15) is 16.9 Å². The van der Waals surface area contributed by atoms with Crippen LogP contribution < -0.4 is 15.7 Å². The number of aromatic nitrogens is 3. The van der Waals surface area contributed by atoms with Crippen molar-refractivity contribution in [2.75, 3.05) is 5.32 Å². The molecule has 0 radical (unpaired) electrons. The summed E-state index contributed by atoms with van der Waals surface area (Å²) in [5.41, 5.74) is 0.559. The number of carbonyl (C=O) groups is 1. The number of rotatable bonds is 3. The molecule has 29 heavy (non-hydrogen) atoms. The molecule has 8 nitrogen and oxygen atoms in total. The maximum Gasteiger partial charge on any atom is 0.412 e. The molecule has 0 aliphatic carbocycles. The Labute approximate surface area is 165 Å². The zero-order valence-corrected chi connectivity index (χ0v) is 16.2. The van der Waals surface area contributed by atoms with E-state index >= 15 is 0 Å². The highest BCUT2D eigenvalue weighted by molar-refractivity contribution is 6.03. The fraction of sp³-hybridized carbons (Fsp3) is 0.190. The molecular formula is C21H20N4O4. The molecule has 0 bridgehead atoms. The Bertz CT molecular complexity index is 1270. The molecule has 0 aliphatic rings. The van der Waals surface area contributed by atoms with E-state index < -0.39 is 11.7 Å². The van der Waals surface area contributed by atoms with E-state index in [4.69, 9.17) is 9.47 Å². The number of pyridine rings is 1. The second-order valence-electron chi connectivity index (χ2n) is 7.50. The fourth-order valence-electron chi connectivity index (χ4n) is 3.00. The second kappa shape index (κ2) is 6.97. The van der Waals surface area contributed by atoms with Gasteiger partial charge in [0.05, 0.1) is 5.69 Å². The Morgan fingerprint density at radius 3 is 2.52 bits per heavy atom. The summed E-state index contributed by atoms with van der Waals surface area (Å²) in [6.07, 6.45) is 1.03. The number of hydrogen-bond acceptors (Lipinski definition) is 5. The molecule has 0 aliphatic heterocycles. The van der Waals surface area contributed by atoms with Gasteiger partial charge in [-0.15, -0.1) is 0 Å². The standard InChI is InChI=1S/C21H20N4O4/c1-21(2,3)29-20(27)23-14-8-9-15(13-7-5-4-6-12(13)14)28-16-10-11-22-18-17(16)24-19(26)25-18/h4-11H,1-3H3,(H,23,27)(H2,22,24,25,26). The number of nitrogens with zero attached hydrogens (tertiary/aromatic N) is 1. The van der Waals surface area contributed by atoms with Crippen molar-refractivity contribution in [1.82, 2.24) is 15.0 Å². The lowest BCUT2D eigenvalue weighted by molar-refractivity contribution is 0.0636. The van der Waals surface area contributed by atoms with E-state index in [1.807, 2.05) is 45.0 Å². The maximum atomic E-state index is 12.2. The van der Waals surface area contributed by atoms with Crippen LogP contribution in [0.15, 0.2) is 53.5 Å². The Morgan fingerprint density at radius 2 is 1.76 bits per heavy atom. The normalized spacial score (nSPS) is 11.6. The summed E-state index contributed by atoms with van der Waals surface area (Å²) in [5, 5.41) is 4.38. The van der Waals surface area contributed by atoms with E-state index in [9.17, 15) is 9.59 Å². The second-order valence-corrected chi connectivity index (χ2v) is 7.50. The predicted molar refractivity (Wildman–Crippen MR) is 111 cm³/mol. The minimum absolute atomic E-state index is 0.356. The van der Waals surface area contributed by atoms with E-state index in [0.29, 0.717) is 28.4 Å². The maximum absolute atomic E-state index is 12.2. The average Bonchev–Trinajstić information content (AvgIpc) is 3.03. The van der Waals surface area contributed by atoms with Crippen molar-refractivity contribution in [1.29, 1.82) is 0 Å². The highest BCUT2D eigenvalue weighted by Crippen LogP contribution is 2.35. The van der Waals surface area contributed by atoms with Crippen molar-refractivity contribution in [3.63, 3.8) is 0 Å². The molecule has 2 aromatic heterocycles. The molecule has 148 valence electrons. The smallest absolute Gasteiger partial charge is 0.412 e. The van der Waals surface area contributed by atoms with Gasteiger partial charge in [-0.2, -0.15) is 0 Å². The molecule has 0 saturated carbocycles. The molecule has 0 unspecified atom stereocenters. The third-order valence-corrected chi connectivity index (χ3v) is 4.12. The van der Waals surface area contributed by atoms with Crippen LogP contribution in [0.4, 0.5) is 10.5 Å². The van der Waals surface area contributed by atoms with Gasteiger partial charge in [-0.25, -0.2) is 14.6 Å². The van der Waals surface area contributed by atoms with Crippen molar-refractivity contribution >= 4 is 33.7 Å². The molecule has 0 spiro atoms. The number of fused-ring (bicyclic) bond motifs is 2. The molecule has 4 aromatic rings. The Kier molecular flexibility index (Phi) is 4.46. The van der Waals surface area contributed by atoms with E-state index in [1.165, 1.54) is 0 Å². The van der Waals surface area contributed by atoms with E-state index in [-0.39, 0.29) is 5.69 Å². The lowest BCUT2D eigenvalue weighted by atomic mass is 10.1. The first-order chi connectivity index (χ1) is 13.8. The van der Waals surface area contributed by atoms with E-state index in [0.717, 1.165) is 10.8 Å². The summed E-state index contributed by atoms with van der Waals surface area (Å²) >= 11 is 0. The Morgan fingerprint density at radius 1 is 1.00 bits per heavy atom. The van der Waals surface area contributed by atoms with Crippen molar-refractivity contribution < 1.29 is 14.3 Å². The fourth-order valence-corrected chi connectivity index (χ4v) is 3.00. The average molecular weight is 392 g/mol. The van der Waals surface area contributed by atoms with Crippen molar-refractivity contribution in [2.24, 2.45) is 0 Å². The van der Waals surface area contributed by atoms with Gasteiger partial charge in [0.15, 0.2) is 11.4 Å². The van der Waals surface area contributed by atoms with Crippen molar-refractivity contribution in [3.8, 4) is 11.5 Å². The SMILES string of the molecule is CC(C)(C)OC(=O)Nc1ccc(Oc2ccnc3[nH]c(=O)[nH]c23)c2ccccc12. The highest BCUT2D eigenvalue weighted by atomic mass is 16.6. The summed E-state index contributed by atoms with van der Waals surface area (Å²) in [5.74, 6) is 1.04. The van der Waals surface area contributed by atoms with Gasteiger partial charge < -0.3 is 14.5 Å². The van der Waals surface area contributed by atoms with Crippen LogP contribution in [0.1, 0.15) is 20.8 Å². The number of ether oxygens (including phenoxy) is 2. The van der Waals surface area contributed by atoms with Gasteiger partial charge in [-0.05, 0) is 32.9 Å². The number of hydrogen-bond donors (Lipinski definition) is 3. The first-order valence-corrected chi connectivity index (χ1v) is 9.07. The van der Waals surface area contributed by atoms with Crippen LogP contribution in [0.25, 0.3) is 21.9 Å². The molecule has 2 aromatic carbocycles. The zero-order chi connectivity index (χ0) is 20.6. The predicted octanol–water partition coefficient (Wildman–Crippen LogP) is 4.54. The van der Waals surface area contributed by atoms with Crippen LogP contribution in [0, 0.1) is 0 Å². The van der Waals surface area contributed by atoms with E-state index in [2.05, 4.69) is 20.3 Å². The number of imidazole rings is 1. The molecular weight excluding hydrogens is 372 g/mol. The molecule has 0 atom stereocenters. The monoisotopic (exact) mass is 392 g/mol. The first kappa shape index (κ1) is 18.5. The summed E-state index contributed by atoms with van der Waals surface area (Å²) in [6, 6.07) is 12.7. The van der Waals surface area contributed by atoms with Crippen LogP contribution >= 0.6 is 0 Å². The third kappa shape index (κ3) is 3.91. The minimum Gasteiger partial charge on any atom is -0.454 e. The van der Waals surface area contributed by atoms with E-state index in [1.54, 1.807) is 24.4 Å². The number of anilines is 1. The van der Waals surface area contributed by atoms with Gasteiger partial charge >= 0.3 is 11.8 Å². The number of H-pyrrole nitrogens is 2. The minimum atomic E-state index is -0.594. The van der Waals surface area contributed by atoms with Gasteiger partial charge in [0.2, 0.25) is 0 Å². The van der Waals surface area contributed by atoms with Gasteiger partial charge in [-0.3, -0.25) is 10.3 Å². The Hall–Kier alpha value is -3.81. The summed E-state index contributed by atoms with van der Waals surface area (Å²) in [6.45, 7) is 5.42. The third-order valence-electron chi connectivity index (χ3n) is 4.12. The van der Waals surface area contributed by atoms with Gasteiger partial charge in [-0.1, -0.05) is 24.3 Å². The molecule has 2 heterocycles. The highest BCUT2D eigenvalue weighted by Gasteiger charge is 2.18. The largest absolute Gasteiger partial charge is 0.454 e. The quantitative estimate of drug-likeness (QED) is 0.474. The lowest BCUT2D eigenvalue weighted by Gasteiger charge is -2.20. The first-order valence-electron chi connectivity index (χ1n) is 9.07. The molecule has 0 fully saturated rings.